The number of hydrogen-bond donors (Lipinski definition) is 2. The molecule has 19 heavy (non-hydrogen) atoms. The summed E-state index contributed by atoms with van der Waals surface area (Å²) in [4.78, 5) is 16.3. The molecule has 3 rings (SSSR count). The van der Waals surface area contributed by atoms with Crippen molar-refractivity contribution in [3.05, 3.63) is 48.0 Å². The van der Waals surface area contributed by atoms with E-state index in [9.17, 15) is 4.79 Å². The fraction of sp³-hybridized carbons (Fsp3) is 0.154. The summed E-state index contributed by atoms with van der Waals surface area (Å²) >= 11 is 0. The zero-order valence-electron chi connectivity index (χ0n) is 10.4. The van der Waals surface area contributed by atoms with Crippen LogP contribution in [0.25, 0.3) is 5.65 Å². The van der Waals surface area contributed by atoms with Gasteiger partial charge in [-0.05, 0) is 19.1 Å². The lowest BCUT2D eigenvalue weighted by molar-refractivity contribution is -0.115. The molecule has 3 heterocycles. The normalized spacial score (nSPS) is 10.8. The minimum atomic E-state index is -0.115. The Morgan fingerprint density at radius 3 is 3.11 bits per heavy atom. The number of nitrogens with zero attached hydrogens (tertiary/aromatic N) is 3. The van der Waals surface area contributed by atoms with Crippen LogP contribution in [0.4, 0.5) is 5.82 Å². The summed E-state index contributed by atoms with van der Waals surface area (Å²) in [6.07, 6.45) is 5.66. The first kappa shape index (κ1) is 11.5. The molecule has 3 aromatic rings. The molecule has 0 unspecified atom stereocenters. The quantitative estimate of drug-likeness (QED) is 0.745. The summed E-state index contributed by atoms with van der Waals surface area (Å²) in [5.41, 5.74) is 2.48. The Balaban J connectivity index is 1.74. The average Bonchev–Trinajstić information content (AvgIpc) is 2.95. The van der Waals surface area contributed by atoms with Crippen LogP contribution in [-0.4, -0.2) is 25.5 Å². The highest BCUT2D eigenvalue weighted by Gasteiger charge is 2.09. The summed E-state index contributed by atoms with van der Waals surface area (Å²) in [5.74, 6) is 0.518. The molecule has 0 radical (unpaired) electrons. The maximum Gasteiger partial charge on any atom is 0.231 e. The molecule has 1 amide bonds. The molecule has 0 aliphatic heterocycles. The third-order valence-corrected chi connectivity index (χ3v) is 2.85. The number of carbonyl (C=O) groups excluding carboxylic acids is 1. The van der Waals surface area contributed by atoms with E-state index in [2.05, 4.69) is 20.5 Å². The van der Waals surface area contributed by atoms with Crippen LogP contribution in [0.15, 0.2) is 36.8 Å². The molecule has 0 saturated carbocycles. The molecule has 6 heteroatoms. The van der Waals surface area contributed by atoms with Crippen molar-refractivity contribution in [2.75, 3.05) is 5.32 Å². The number of carbonyl (C=O) groups is 1. The summed E-state index contributed by atoms with van der Waals surface area (Å²) in [6.45, 7) is 1.88. The number of amides is 1. The van der Waals surface area contributed by atoms with Gasteiger partial charge in [0.2, 0.25) is 5.91 Å². The van der Waals surface area contributed by atoms with E-state index < -0.39 is 0 Å². The van der Waals surface area contributed by atoms with Gasteiger partial charge in [0.15, 0.2) is 0 Å². The van der Waals surface area contributed by atoms with E-state index >= 15 is 0 Å². The first-order chi connectivity index (χ1) is 9.22. The van der Waals surface area contributed by atoms with Crippen LogP contribution in [0.2, 0.25) is 0 Å². The second-order valence-electron chi connectivity index (χ2n) is 4.35. The molecule has 96 valence electrons. The van der Waals surface area contributed by atoms with Crippen LogP contribution in [0.3, 0.4) is 0 Å². The van der Waals surface area contributed by atoms with E-state index in [-0.39, 0.29) is 12.3 Å². The Labute approximate surface area is 109 Å². The molecule has 0 spiro atoms. The highest BCUT2D eigenvalue weighted by atomic mass is 16.1. The van der Waals surface area contributed by atoms with Crippen molar-refractivity contribution in [1.29, 1.82) is 0 Å². The van der Waals surface area contributed by atoms with E-state index in [1.807, 2.05) is 41.9 Å². The number of fused-ring (bicyclic) bond motifs is 1. The predicted octanol–water partition coefficient (Wildman–Crippen LogP) is 1.55. The molecule has 6 nitrogen and oxygen atoms in total. The van der Waals surface area contributed by atoms with Gasteiger partial charge in [-0.25, -0.2) is 4.98 Å². The molecule has 0 fully saturated rings. The summed E-state index contributed by atoms with van der Waals surface area (Å²) in [6, 6.07) is 5.74. The predicted molar refractivity (Wildman–Crippen MR) is 70.9 cm³/mol. The summed E-state index contributed by atoms with van der Waals surface area (Å²) < 4.78 is 1.89. The first-order valence-electron chi connectivity index (χ1n) is 5.95. The molecule has 2 N–H and O–H groups in total. The first-order valence-corrected chi connectivity index (χ1v) is 5.95. The van der Waals surface area contributed by atoms with Gasteiger partial charge in [-0.3, -0.25) is 9.89 Å². The van der Waals surface area contributed by atoms with Crippen molar-refractivity contribution in [2.45, 2.75) is 13.3 Å². The number of rotatable bonds is 3. The largest absolute Gasteiger partial charge is 0.311 e. The zero-order valence-corrected chi connectivity index (χ0v) is 10.4. The smallest absolute Gasteiger partial charge is 0.231 e. The van der Waals surface area contributed by atoms with Gasteiger partial charge >= 0.3 is 0 Å². The van der Waals surface area contributed by atoms with Gasteiger partial charge in [-0.1, -0.05) is 6.07 Å². The molecule has 0 saturated heterocycles. The average molecular weight is 255 g/mol. The maximum absolute atomic E-state index is 11.9. The fourth-order valence-electron chi connectivity index (χ4n) is 1.89. The van der Waals surface area contributed by atoms with E-state index in [1.165, 1.54) is 0 Å². The third kappa shape index (κ3) is 2.33. The van der Waals surface area contributed by atoms with Crippen LogP contribution in [0, 0.1) is 6.92 Å². The minimum absolute atomic E-state index is 0.115. The topological polar surface area (TPSA) is 75.1 Å². The van der Waals surface area contributed by atoms with Crippen molar-refractivity contribution in [3.63, 3.8) is 0 Å². The molecule has 0 aliphatic carbocycles. The standard InChI is InChI=1S/C13H13N5O/c1-9-7-14-17-13(9)16-12(19)6-10-8-18-5-3-2-4-11(18)15-10/h2-5,7-8H,6H2,1H3,(H2,14,16,17,19). The SMILES string of the molecule is Cc1cn[nH]c1NC(=O)Cc1cn2ccccc2n1. The number of anilines is 1. The van der Waals surface area contributed by atoms with E-state index in [0.717, 1.165) is 16.9 Å². The van der Waals surface area contributed by atoms with Gasteiger partial charge in [-0.15, -0.1) is 0 Å². The van der Waals surface area contributed by atoms with Gasteiger partial charge in [0.1, 0.15) is 11.5 Å². The lowest BCUT2D eigenvalue weighted by Crippen LogP contribution is -2.15. The number of nitrogens with one attached hydrogen (secondary N) is 2. The van der Waals surface area contributed by atoms with Crippen LogP contribution in [-0.2, 0) is 11.2 Å². The summed E-state index contributed by atoms with van der Waals surface area (Å²) in [5, 5.41) is 9.38. The molecule has 3 aromatic heterocycles. The maximum atomic E-state index is 11.9. The number of pyridine rings is 1. The van der Waals surface area contributed by atoms with E-state index in [4.69, 9.17) is 0 Å². The number of hydrogen-bond acceptors (Lipinski definition) is 3. The Morgan fingerprint density at radius 1 is 1.47 bits per heavy atom. The Bertz CT molecular complexity index is 694. The van der Waals surface area contributed by atoms with E-state index in [1.54, 1.807) is 6.20 Å². The lowest BCUT2D eigenvalue weighted by Gasteiger charge is -2.01. The van der Waals surface area contributed by atoms with Gasteiger partial charge in [-0.2, -0.15) is 5.10 Å². The van der Waals surface area contributed by atoms with Crippen molar-refractivity contribution in [1.82, 2.24) is 19.6 Å². The molecular weight excluding hydrogens is 242 g/mol. The highest BCUT2D eigenvalue weighted by molar-refractivity contribution is 5.91. The lowest BCUT2D eigenvalue weighted by atomic mass is 10.3. The van der Waals surface area contributed by atoms with Crippen LogP contribution >= 0.6 is 0 Å². The molecule has 0 bridgehead atoms. The number of aromatic nitrogens is 4. The number of aryl methyl sites for hydroxylation is 1. The van der Waals surface area contributed by atoms with E-state index in [0.29, 0.717) is 5.82 Å². The molecule has 0 atom stereocenters. The number of H-pyrrole nitrogens is 1. The fourth-order valence-corrected chi connectivity index (χ4v) is 1.89. The summed E-state index contributed by atoms with van der Waals surface area (Å²) in [7, 11) is 0. The number of imidazole rings is 1. The van der Waals surface area contributed by atoms with Gasteiger partial charge in [0, 0.05) is 18.0 Å². The van der Waals surface area contributed by atoms with Crippen LogP contribution in [0.5, 0.6) is 0 Å². The number of aromatic amines is 1. The molecular formula is C13H13N5O. The van der Waals surface area contributed by atoms with Gasteiger partial charge in [0.25, 0.3) is 0 Å². The van der Waals surface area contributed by atoms with Crippen molar-refractivity contribution in [3.8, 4) is 0 Å². The third-order valence-electron chi connectivity index (χ3n) is 2.85. The molecule has 0 aliphatic rings. The molecule has 0 aromatic carbocycles. The minimum Gasteiger partial charge on any atom is -0.311 e. The Morgan fingerprint density at radius 2 is 2.37 bits per heavy atom. The Kier molecular flexibility index (Phi) is 2.75. The van der Waals surface area contributed by atoms with Crippen LogP contribution in [0.1, 0.15) is 11.3 Å². The second kappa shape index (κ2) is 4.56. The highest BCUT2D eigenvalue weighted by Crippen LogP contribution is 2.10. The second-order valence-corrected chi connectivity index (χ2v) is 4.35. The van der Waals surface area contributed by atoms with Gasteiger partial charge in [0.05, 0.1) is 18.3 Å². The van der Waals surface area contributed by atoms with Crippen molar-refractivity contribution < 1.29 is 4.79 Å². The monoisotopic (exact) mass is 255 g/mol. The van der Waals surface area contributed by atoms with Crippen molar-refractivity contribution in [2.24, 2.45) is 0 Å². The Hall–Kier alpha value is -2.63. The van der Waals surface area contributed by atoms with Crippen molar-refractivity contribution >= 4 is 17.4 Å². The van der Waals surface area contributed by atoms with Gasteiger partial charge < -0.3 is 9.72 Å². The zero-order chi connectivity index (χ0) is 13.2. The van der Waals surface area contributed by atoms with Crippen LogP contribution < -0.4 is 5.32 Å².